The molecule has 5 heteroatoms. The molecule has 3 aromatic rings. The molecule has 0 spiro atoms. The number of nitriles is 1. The molecule has 0 fully saturated rings. The first-order chi connectivity index (χ1) is 14.6. The third-order valence-electron chi connectivity index (χ3n) is 4.96. The summed E-state index contributed by atoms with van der Waals surface area (Å²) in [7, 11) is 0. The molecule has 2 aromatic carbocycles. The summed E-state index contributed by atoms with van der Waals surface area (Å²) in [6, 6.07) is 19.8. The largest absolute Gasteiger partial charge is 0.494 e. The first-order valence-electron chi connectivity index (χ1n) is 10.3. The molecule has 4 nitrogen and oxygen atoms in total. The van der Waals surface area contributed by atoms with Crippen LogP contribution in [0.25, 0.3) is 22.4 Å². The summed E-state index contributed by atoms with van der Waals surface area (Å²) < 4.78 is 6.82. The summed E-state index contributed by atoms with van der Waals surface area (Å²) in [5, 5.41) is 9.62. The van der Waals surface area contributed by atoms with E-state index in [1.54, 1.807) is 0 Å². The molecule has 0 bridgehead atoms. The lowest BCUT2D eigenvalue weighted by molar-refractivity contribution is 0.304. The number of nitrogens with two attached hydrogens (primary N) is 1. The molecular weight excluding hydrogens is 438 g/mol. The van der Waals surface area contributed by atoms with Crippen LogP contribution in [0.1, 0.15) is 44.6 Å². The standard InChI is InChI=1S/C25H26BrN3O/c1-2-3-4-5-6-14-30-21-12-10-18(11-13-21)22-16-24(29-25(28)23(22)17-27)19-8-7-9-20(26)15-19/h7-13,15-16H,2-6,14H2,1H3,(H2,28,29). The quantitative estimate of drug-likeness (QED) is 0.347. The molecule has 0 radical (unpaired) electrons. The topological polar surface area (TPSA) is 71.9 Å². The molecule has 0 aliphatic carbocycles. The Morgan fingerprint density at radius 3 is 2.47 bits per heavy atom. The van der Waals surface area contributed by atoms with E-state index in [9.17, 15) is 5.26 Å². The van der Waals surface area contributed by atoms with Gasteiger partial charge < -0.3 is 10.5 Å². The maximum absolute atomic E-state index is 9.62. The van der Waals surface area contributed by atoms with Crippen molar-refractivity contribution >= 4 is 21.7 Å². The van der Waals surface area contributed by atoms with E-state index >= 15 is 0 Å². The molecule has 30 heavy (non-hydrogen) atoms. The van der Waals surface area contributed by atoms with Crippen LogP contribution in [-0.2, 0) is 0 Å². The molecule has 3 rings (SSSR count). The Hall–Kier alpha value is -2.84. The van der Waals surface area contributed by atoms with Crippen LogP contribution in [0.2, 0.25) is 0 Å². The van der Waals surface area contributed by atoms with E-state index in [1.807, 2.05) is 54.6 Å². The van der Waals surface area contributed by atoms with Gasteiger partial charge >= 0.3 is 0 Å². The second kappa shape index (κ2) is 10.8. The van der Waals surface area contributed by atoms with Crippen molar-refractivity contribution in [3.8, 4) is 34.2 Å². The SMILES string of the molecule is CCCCCCCOc1ccc(-c2cc(-c3cccc(Br)c3)nc(N)c2C#N)cc1. The van der Waals surface area contributed by atoms with Crippen LogP contribution in [0.4, 0.5) is 5.82 Å². The van der Waals surface area contributed by atoms with Gasteiger partial charge in [-0.25, -0.2) is 4.98 Å². The second-order valence-electron chi connectivity index (χ2n) is 7.22. The van der Waals surface area contributed by atoms with Crippen molar-refractivity contribution in [2.45, 2.75) is 39.0 Å². The molecule has 0 atom stereocenters. The van der Waals surface area contributed by atoms with Crippen molar-refractivity contribution in [1.29, 1.82) is 5.26 Å². The zero-order valence-corrected chi connectivity index (χ0v) is 18.8. The van der Waals surface area contributed by atoms with Crippen LogP contribution in [0.3, 0.4) is 0 Å². The first-order valence-corrected chi connectivity index (χ1v) is 11.1. The van der Waals surface area contributed by atoms with Gasteiger partial charge in [-0.05, 0) is 42.3 Å². The molecular formula is C25H26BrN3O. The number of nitrogens with zero attached hydrogens (tertiary/aromatic N) is 2. The Bertz CT molecular complexity index is 1030. The summed E-state index contributed by atoms with van der Waals surface area (Å²) in [6.45, 7) is 2.94. The second-order valence-corrected chi connectivity index (χ2v) is 8.14. The van der Waals surface area contributed by atoms with Gasteiger partial charge in [0.2, 0.25) is 0 Å². The van der Waals surface area contributed by atoms with Gasteiger partial charge in [-0.1, -0.05) is 72.8 Å². The molecule has 1 aromatic heterocycles. The number of rotatable bonds is 9. The van der Waals surface area contributed by atoms with E-state index in [1.165, 1.54) is 25.7 Å². The minimum atomic E-state index is 0.234. The zero-order valence-electron chi connectivity index (χ0n) is 17.2. The van der Waals surface area contributed by atoms with Crippen LogP contribution in [-0.4, -0.2) is 11.6 Å². The van der Waals surface area contributed by atoms with E-state index in [4.69, 9.17) is 10.5 Å². The highest BCUT2D eigenvalue weighted by Gasteiger charge is 2.14. The van der Waals surface area contributed by atoms with Crippen molar-refractivity contribution in [2.75, 3.05) is 12.3 Å². The van der Waals surface area contributed by atoms with Gasteiger partial charge in [0.05, 0.1) is 12.3 Å². The third kappa shape index (κ3) is 5.61. The Morgan fingerprint density at radius 2 is 1.77 bits per heavy atom. The van der Waals surface area contributed by atoms with Crippen LogP contribution < -0.4 is 10.5 Å². The monoisotopic (exact) mass is 463 g/mol. The number of ether oxygens (including phenoxy) is 1. The van der Waals surface area contributed by atoms with Crippen molar-refractivity contribution in [3.05, 3.63) is 64.6 Å². The Labute approximate surface area is 186 Å². The number of pyridine rings is 1. The van der Waals surface area contributed by atoms with E-state index in [2.05, 4.69) is 33.9 Å². The molecule has 0 aliphatic rings. The minimum Gasteiger partial charge on any atom is -0.494 e. The molecule has 1 heterocycles. The summed E-state index contributed by atoms with van der Waals surface area (Å²) in [5.74, 6) is 1.07. The van der Waals surface area contributed by atoms with Crippen LogP contribution in [0.5, 0.6) is 5.75 Å². The van der Waals surface area contributed by atoms with E-state index < -0.39 is 0 Å². The van der Waals surface area contributed by atoms with Gasteiger partial charge in [0.1, 0.15) is 23.2 Å². The fraction of sp³-hybridized carbons (Fsp3) is 0.280. The number of hydrogen-bond acceptors (Lipinski definition) is 4. The van der Waals surface area contributed by atoms with E-state index in [0.717, 1.165) is 45.6 Å². The predicted octanol–water partition coefficient (Wildman–Crippen LogP) is 6.98. The van der Waals surface area contributed by atoms with Gasteiger partial charge in [0, 0.05) is 15.6 Å². The summed E-state index contributed by atoms with van der Waals surface area (Å²) >= 11 is 3.49. The summed E-state index contributed by atoms with van der Waals surface area (Å²) in [6.07, 6.45) is 6.06. The number of aromatic nitrogens is 1. The number of anilines is 1. The average molecular weight is 464 g/mol. The van der Waals surface area contributed by atoms with Gasteiger partial charge in [0.25, 0.3) is 0 Å². The molecule has 2 N–H and O–H groups in total. The molecule has 0 amide bonds. The molecule has 0 saturated heterocycles. The van der Waals surface area contributed by atoms with Crippen molar-refractivity contribution in [1.82, 2.24) is 4.98 Å². The lowest BCUT2D eigenvalue weighted by atomic mass is 9.98. The van der Waals surface area contributed by atoms with E-state index in [-0.39, 0.29) is 5.82 Å². The number of unbranched alkanes of at least 4 members (excludes halogenated alkanes) is 4. The predicted molar refractivity (Wildman–Crippen MR) is 126 cm³/mol. The fourth-order valence-electron chi connectivity index (χ4n) is 3.33. The molecule has 0 saturated carbocycles. The Balaban J connectivity index is 1.80. The lowest BCUT2D eigenvalue weighted by Crippen LogP contribution is -2.00. The highest BCUT2D eigenvalue weighted by molar-refractivity contribution is 9.10. The number of hydrogen-bond donors (Lipinski definition) is 1. The van der Waals surface area contributed by atoms with Gasteiger partial charge in [-0.3, -0.25) is 0 Å². The number of benzene rings is 2. The highest BCUT2D eigenvalue weighted by Crippen LogP contribution is 2.32. The molecule has 0 unspecified atom stereocenters. The van der Waals surface area contributed by atoms with Crippen LogP contribution in [0.15, 0.2) is 59.1 Å². The summed E-state index contributed by atoms with van der Waals surface area (Å²) in [5.41, 5.74) is 9.85. The van der Waals surface area contributed by atoms with Crippen molar-refractivity contribution < 1.29 is 4.74 Å². The third-order valence-corrected chi connectivity index (χ3v) is 5.45. The van der Waals surface area contributed by atoms with Gasteiger partial charge in [-0.15, -0.1) is 0 Å². The normalized spacial score (nSPS) is 10.6. The van der Waals surface area contributed by atoms with Gasteiger partial charge in [0.15, 0.2) is 0 Å². The van der Waals surface area contributed by atoms with E-state index in [0.29, 0.717) is 5.56 Å². The Morgan fingerprint density at radius 1 is 1.00 bits per heavy atom. The maximum Gasteiger partial charge on any atom is 0.142 e. The average Bonchev–Trinajstić information content (AvgIpc) is 2.76. The highest BCUT2D eigenvalue weighted by atomic mass is 79.9. The Kier molecular flexibility index (Phi) is 7.87. The minimum absolute atomic E-state index is 0.234. The molecule has 154 valence electrons. The summed E-state index contributed by atoms with van der Waals surface area (Å²) in [4.78, 5) is 4.44. The smallest absolute Gasteiger partial charge is 0.142 e. The number of nitrogen functional groups attached to an aromatic ring is 1. The van der Waals surface area contributed by atoms with Crippen molar-refractivity contribution in [2.24, 2.45) is 0 Å². The van der Waals surface area contributed by atoms with Crippen LogP contribution >= 0.6 is 15.9 Å². The van der Waals surface area contributed by atoms with Gasteiger partial charge in [-0.2, -0.15) is 5.26 Å². The first kappa shape index (κ1) is 21.9. The maximum atomic E-state index is 9.62. The lowest BCUT2D eigenvalue weighted by Gasteiger charge is -2.12. The zero-order chi connectivity index (χ0) is 21.3. The fourth-order valence-corrected chi connectivity index (χ4v) is 3.73. The molecule has 0 aliphatic heterocycles. The van der Waals surface area contributed by atoms with Crippen molar-refractivity contribution in [3.63, 3.8) is 0 Å². The van der Waals surface area contributed by atoms with Crippen LogP contribution in [0, 0.1) is 11.3 Å². The number of halogens is 1.